The first-order valence-electron chi connectivity index (χ1n) is 11.8. The van der Waals surface area contributed by atoms with E-state index in [4.69, 9.17) is 14.6 Å². The zero-order valence-electron chi connectivity index (χ0n) is 20.3. The number of piperidine rings is 1. The molecular weight excluding hydrogens is 448 g/mol. The lowest BCUT2D eigenvalue weighted by atomic mass is 9.91. The molecule has 1 aromatic carbocycles. The third-order valence-electron chi connectivity index (χ3n) is 6.38. The van der Waals surface area contributed by atoms with Crippen molar-refractivity contribution in [1.82, 2.24) is 19.7 Å². The minimum Gasteiger partial charge on any atom is -0.483 e. The molecule has 2 aromatic rings. The Morgan fingerprint density at radius 1 is 1.09 bits per heavy atom. The quantitative estimate of drug-likeness (QED) is 0.652. The highest BCUT2D eigenvalue weighted by Crippen LogP contribution is 2.33. The van der Waals surface area contributed by atoms with E-state index in [9.17, 15) is 9.59 Å². The molecule has 2 fully saturated rings. The first-order valence-corrected chi connectivity index (χ1v) is 11.8. The Morgan fingerprint density at radius 3 is 2.31 bits per heavy atom. The van der Waals surface area contributed by atoms with Crippen molar-refractivity contribution < 1.29 is 24.2 Å². The van der Waals surface area contributed by atoms with E-state index in [1.165, 1.54) is 0 Å². The summed E-state index contributed by atoms with van der Waals surface area (Å²) in [6.45, 7) is 2.84. The van der Waals surface area contributed by atoms with Gasteiger partial charge in [0.25, 0.3) is 12.4 Å². The van der Waals surface area contributed by atoms with Gasteiger partial charge >= 0.3 is 0 Å². The first kappa shape index (κ1) is 26.3. The van der Waals surface area contributed by atoms with E-state index in [1.807, 2.05) is 42.1 Å². The van der Waals surface area contributed by atoms with Crippen LogP contribution in [0.3, 0.4) is 0 Å². The molecular formula is C26H34N4O5. The summed E-state index contributed by atoms with van der Waals surface area (Å²) in [5.41, 5.74) is 1.76. The molecule has 2 saturated heterocycles. The highest BCUT2D eigenvalue weighted by Gasteiger charge is 2.40. The number of carbonyl (C=O) groups excluding carboxylic acids is 2. The summed E-state index contributed by atoms with van der Waals surface area (Å²) < 4.78 is 6.13. The topological polar surface area (TPSA) is 103 Å². The highest BCUT2D eigenvalue weighted by molar-refractivity contribution is 5.94. The Bertz CT molecular complexity index is 949. The molecule has 9 heteroatoms. The number of pyridine rings is 1. The van der Waals surface area contributed by atoms with Gasteiger partial charge in [0, 0.05) is 50.1 Å². The van der Waals surface area contributed by atoms with Crippen molar-refractivity contribution in [2.24, 2.45) is 5.92 Å². The number of carbonyl (C=O) groups is 3. The van der Waals surface area contributed by atoms with Crippen molar-refractivity contribution >= 4 is 18.3 Å². The molecule has 2 aliphatic heterocycles. The third kappa shape index (κ3) is 6.86. The molecule has 1 N–H and O–H groups in total. The number of nitrogens with zero attached hydrogens (tertiary/aromatic N) is 4. The van der Waals surface area contributed by atoms with Gasteiger partial charge in [-0.3, -0.25) is 19.4 Å². The van der Waals surface area contributed by atoms with Gasteiger partial charge in [-0.1, -0.05) is 30.3 Å². The summed E-state index contributed by atoms with van der Waals surface area (Å²) in [5.74, 6) is 0.126. The van der Waals surface area contributed by atoms with Crippen LogP contribution < -0.4 is 0 Å². The van der Waals surface area contributed by atoms with E-state index < -0.39 is 0 Å². The van der Waals surface area contributed by atoms with Crippen LogP contribution in [0.2, 0.25) is 0 Å². The molecule has 4 rings (SSSR count). The van der Waals surface area contributed by atoms with Crippen molar-refractivity contribution in [3.63, 3.8) is 0 Å². The van der Waals surface area contributed by atoms with E-state index in [1.54, 1.807) is 24.5 Å². The van der Waals surface area contributed by atoms with Crippen molar-refractivity contribution in [2.75, 3.05) is 46.9 Å². The number of benzene rings is 1. The lowest BCUT2D eigenvalue weighted by Gasteiger charge is -2.44. The SMILES string of the molecule is CN(C)C[C@@H]1OCCN(C(=O)C2CCN(C(=O)c3ccncc3)CC2)[C@H]1c1ccccc1.O=CO. The summed E-state index contributed by atoms with van der Waals surface area (Å²) >= 11 is 0. The predicted octanol–water partition coefficient (Wildman–Crippen LogP) is 2.16. The van der Waals surface area contributed by atoms with Gasteiger partial charge in [-0.05, 0) is 44.6 Å². The molecule has 0 aliphatic carbocycles. The predicted molar refractivity (Wildman–Crippen MR) is 131 cm³/mol. The van der Waals surface area contributed by atoms with Gasteiger partial charge in [0.2, 0.25) is 5.91 Å². The number of aromatic nitrogens is 1. The molecule has 0 unspecified atom stereocenters. The lowest BCUT2D eigenvalue weighted by Crippen LogP contribution is -2.53. The first-order chi connectivity index (χ1) is 17.0. The molecule has 3 heterocycles. The van der Waals surface area contributed by atoms with Crippen LogP contribution in [-0.2, 0) is 14.3 Å². The van der Waals surface area contributed by atoms with Crippen LogP contribution in [-0.4, -0.2) is 96.1 Å². The number of likely N-dealkylation sites (N-methyl/N-ethyl adjacent to an activating group) is 1. The zero-order valence-corrected chi connectivity index (χ0v) is 20.3. The highest BCUT2D eigenvalue weighted by atomic mass is 16.5. The van der Waals surface area contributed by atoms with Crippen molar-refractivity contribution in [3.05, 3.63) is 66.0 Å². The molecule has 0 spiro atoms. The van der Waals surface area contributed by atoms with Crippen molar-refractivity contribution in [2.45, 2.75) is 25.0 Å². The van der Waals surface area contributed by atoms with Crippen LogP contribution in [0.25, 0.3) is 0 Å². The van der Waals surface area contributed by atoms with E-state index >= 15 is 0 Å². The Morgan fingerprint density at radius 2 is 1.71 bits per heavy atom. The number of ether oxygens (including phenoxy) is 1. The molecule has 2 amide bonds. The minimum atomic E-state index is -0.250. The molecule has 1 aromatic heterocycles. The summed E-state index contributed by atoms with van der Waals surface area (Å²) in [6, 6.07) is 13.6. The Kier molecular flexibility index (Phi) is 9.75. The number of hydrogen-bond donors (Lipinski definition) is 1. The average Bonchev–Trinajstić information content (AvgIpc) is 2.89. The maximum atomic E-state index is 13.7. The van der Waals surface area contributed by atoms with Crippen LogP contribution in [0, 0.1) is 5.92 Å². The van der Waals surface area contributed by atoms with Crippen LogP contribution >= 0.6 is 0 Å². The van der Waals surface area contributed by atoms with E-state index in [-0.39, 0.29) is 36.4 Å². The smallest absolute Gasteiger partial charge is 0.290 e. The number of carboxylic acid groups (broad SMARTS) is 1. The van der Waals surface area contributed by atoms with Crippen LogP contribution in [0.1, 0.15) is 34.8 Å². The number of likely N-dealkylation sites (tertiary alicyclic amines) is 1. The zero-order chi connectivity index (χ0) is 25.2. The minimum absolute atomic E-state index is 0.0119. The fourth-order valence-corrected chi connectivity index (χ4v) is 4.78. The fraction of sp³-hybridized carbons (Fsp3) is 0.462. The van der Waals surface area contributed by atoms with Gasteiger partial charge in [-0.15, -0.1) is 0 Å². The van der Waals surface area contributed by atoms with Crippen LogP contribution in [0.15, 0.2) is 54.9 Å². The summed E-state index contributed by atoms with van der Waals surface area (Å²) in [5, 5.41) is 6.89. The van der Waals surface area contributed by atoms with E-state index in [0.717, 1.165) is 12.1 Å². The summed E-state index contributed by atoms with van der Waals surface area (Å²) in [4.78, 5) is 44.7. The number of hydrogen-bond acceptors (Lipinski definition) is 6. The Labute approximate surface area is 206 Å². The normalized spacial score (nSPS) is 20.7. The third-order valence-corrected chi connectivity index (χ3v) is 6.38. The second-order valence-corrected chi connectivity index (χ2v) is 8.97. The molecule has 188 valence electrons. The lowest BCUT2D eigenvalue weighted by molar-refractivity contribution is -0.153. The van der Waals surface area contributed by atoms with E-state index in [2.05, 4.69) is 22.0 Å². The maximum Gasteiger partial charge on any atom is 0.290 e. The molecule has 0 bridgehead atoms. The molecule has 0 saturated carbocycles. The summed E-state index contributed by atoms with van der Waals surface area (Å²) in [6.07, 6.45) is 4.57. The number of morpholine rings is 1. The van der Waals surface area contributed by atoms with Gasteiger partial charge in [0.1, 0.15) is 0 Å². The van der Waals surface area contributed by atoms with Crippen LogP contribution in [0.4, 0.5) is 0 Å². The van der Waals surface area contributed by atoms with Gasteiger partial charge in [0.15, 0.2) is 0 Å². The molecule has 9 nitrogen and oxygen atoms in total. The summed E-state index contributed by atoms with van der Waals surface area (Å²) in [7, 11) is 4.06. The van der Waals surface area contributed by atoms with Gasteiger partial charge < -0.3 is 24.5 Å². The molecule has 2 atom stereocenters. The fourth-order valence-electron chi connectivity index (χ4n) is 4.78. The Hall–Kier alpha value is -3.30. The number of amides is 2. The largest absolute Gasteiger partial charge is 0.483 e. The van der Waals surface area contributed by atoms with Gasteiger partial charge in [-0.2, -0.15) is 0 Å². The molecule has 2 aliphatic rings. The second kappa shape index (κ2) is 13.0. The molecule has 0 radical (unpaired) electrons. The van der Waals surface area contributed by atoms with Crippen molar-refractivity contribution in [3.8, 4) is 0 Å². The monoisotopic (exact) mass is 482 g/mol. The van der Waals surface area contributed by atoms with Gasteiger partial charge in [-0.25, -0.2) is 0 Å². The Balaban J connectivity index is 0.00000108. The maximum absolute atomic E-state index is 13.7. The van der Waals surface area contributed by atoms with Gasteiger partial charge in [0.05, 0.1) is 18.8 Å². The number of rotatable bonds is 5. The standard InChI is InChI=1S/C25H32N4O3.CH2O2/c1-27(2)18-22-23(19-6-4-3-5-7-19)29(16-17-32-22)25(31)21-10-14-28(15-11-21)24(30)20-8-12-26-13-9-20;2-1-3/h3-9,12-13,21-23H,10-11,14-18H2,1-2H3;1H,(H,2,3)/t22-,23-;/m0./s1. The average molecular weight is 483 g/mol. The van der Waals surface area contributed by atoms with Crippen LogP contribution in [0.5, 0.6) is 0 Å². The van der Waals surface area contributed by atoms with Crippen molar-refractivity contribution in [1.29, 1.82) is 0 Å². The van der Waals surface area contributed by atoms with E-state index in [0.29, 0.717) is 44.6 Å². The second-order valence-electron chi connectivity index (χ2n) is 8.97. The molecule has 35 heavy (non-hydrogen) atoms.